The summed E-state index contributed by atoms with van der Waals surface area (Å²) >= 11 is 0. The third kappa shape index (κ3) is 30.5. The summed E-state index contributed by atoms with van der Waals surface area (Å²) in [4.78, 5) is 119. The zero-order valence-corrected chi connectivity index (χ0v) is 44.8. The number of nitrogens with one attached hydrogen (secondary N) is 5. The number of benzene rings is 1. The van der Waals surface area contributed by atoms with E-state index in [2.05, 4.69) is 26.6 Å². The molecule has 0 aliphatic rings. The van der Waals surface area contributed by atoms with Crippen molar-refractivity contribution in [2.75, 3.05) is 6.54 Å². The highest BCUT2D eigenvalue weighted by Gasteiger charge is 2.33. The Hall–Kier alpha value is -5.79. The maximum absolute atomic E-state index is 14.0. The molecule has 0 radical (unpaired) electrons. The molecule has 0 fully saturated rings. The Bertz CT molecular complexity index is 1940. The average molecular weight is 1010 g/mol. The van der Waals surface area contributed by atoms with Gasteiger partial charge < -0.3 is 56.0 Å². The van der Waals surface area contributed by atoms with E-state index in [0.29, 0.717) is 12.0 Å². The molecule has 71 heavy (non-hydrogen) atoms. The van der Waals surface area contributed by atoms with E-state index >= 15 is 0 Å². The Morgan fingerprint density at radius 3 is 1.28 bits per heavy atom. The molecular weight excluding hydrogens is 921 g/mol. The van der Waals surface area contributed by atoms with Crippen molar-refractivity contribution in [3.05, 3.63) is 35.9 Å². The lowest BCUT2D eigenvalue weighted by Gasteiger charge is -2.27. The van der Waals surface area contributed by atoms with Crippen molar-refractivity contribution in [3.8, 4) is 0 Å². The number of ether oxygens (including phenoxy) is 5. The second kappa shape index (κ2) is 28.3. The van der Waals surface area contributed by atoms with Crippen molar-refractivity contribution < 1.29 is 66.8 Å². The van der Waals surface area contributed by atoms with Crippen LogP contribution >= 0.6 is 0 Å². The molecule has 0 spiro atoms. The molecule has 0 aliphatic carbocycles. The molecule has 402 valence electrons. The fourth-order valence-corrected chi connectivity index (χ4v) is 6.40. The second-order valence-corrected chi connectivity index (χ2v) is 22.4. The summed E-state index contributed by atoms with van der Waals surface area (Å²) in [5.41, 5.74) is 2.67. The summed E-state index contributed by atoms with van der Waals surface area (Å²) in [7, 11) is 0. The van der Waals surface area contributed by atoms with Gasteiger partial charge in [-0.25, -0.2) is 14.4 Å². The van der Waals surface area contributed by atoms with Crippen LogP contribution in [0.4, 0.5) is 4.79 Å². The van der Waals surface area contributed by atoms with Crippen LogP contribution in [0.25, 0.3) is 0 Å². The molecule has 1 rings (SSSR count). The van der Waals surface area contributed by atoms with Gasteiger partial charge in [-0.2, -0.15) is 0 Å². The molecule has 0 bridgehead atoms. The predicted molar refractivity (Wildman–Crippen MR) is 265 cm³/mol. The third-order valence-electron chi connectivity index (χ3n) is 9.29. The molecule has 20 nitrogen and oxygen atoms in total. The van der Waals surface area contributed by atoms with E-state index in [1.165, 1.54) is 0 Å². The monoisotopic (exact) mass is 1000 g/mol. The number of amides is 5. The van der Waals surface area contributed by atoms with E-state index in [1.807, 2.05) is 0 Å². The number of esters is 5. The average Bonchev–Trinajstić information content (AvgIpc) is 3.19. The first-order valence-electron chi connectivity index (χ1n) is 24.3. The lowest BCUT2D eigenvalue weighted by atomic mass is 10.0. The molecule has 5 atom stereocenters. The quantitative estimate of drug-likeness (QED) is 0.0432. The smallest absolute Gasteiger partial charge is 0.329 e. The van der Waals surface area contributed by atoms with Crippen molar-refractivity contribution in [1.82, 2.24) is 26.6 Å². The summed E-state index contributed by atoms with van der Waals surface area (Å²) in [5.74, 6) is -5.42. The lowest BCUT2D eigenvalue weighted by Crippen LogP contribution is -2.56. The highest BCUT2D eigenvalue weighted by atomic mass is 16.6. The van der Waals surface area contributed by atoms with Gasteiger partial charge in [-0.15, -0.1) is 0 Å². The number of carbonyl (C=O) groups excluding carboxylic acids is 9. The Labute approximate surface area is 420 Å². The SMILES string of the molecule is CC(C)(C)OC(=O)CC[C@H](NC(=O)[C@@H](N)CCC(=O)OC(C)(C)C)C(=O)N[C@@H](Cc1ccccc1)C(=O)NCCCC[C@H](NC(=O)N[C@@H](CCC(=O)OC(C)(C)C)C(=O)OC(C)(C)C)C(=O)OC(C)(C)C. The molecule has 7 N–H and O–H groups in total. The number of carbonyl (C=O) groups is 9. The number of hydrogen-bond donors (Lipinski definition) is 6. The number of unbranched alkanes of at least 4 members (excludes halogenated alkanes) is 1. The van der Waals surface area contributed by atoms with Gasteiger partial charge in [0.05, 0.1) is 6.04 Å². The second-order valence-electron chi connectivity index (χ2n) is 22.4. The fourth-order valence-electron chi connectivity index (χ4n) is 6.40. The van der Waals surface area contributed by atoms with Crippen molar-refractivity contribution in [2.24, 2.45) is 5.73 Å². The summed E-state index contributed by atoms with van der Waals surface area (Å²) in [6.45, 7) is 25.3. The van der Waals surface area contributed by atoms with Crippen molar-refractivity contribution in [3.63, 3.8) is 0 Å². The van der Waals surface area contributed by atoms with Gasteiger partial charge in [-0.3, -0.25) is 28.8 Å². The number of rotatable bonds is 25. The summed E-state index contributed by atoms with van der Waals surface area (Å²) in [5, 5.41) is 13.2. The molecule has 0 aromatic heterocycles. The molecular formula is C51H84N6O14. The van der Waals surface area contributed by atoms with E-state index < -0.39 is 112 Å². The van der Waals surface area contributed by atoms with Gasteiger partial charge in [0.15, 0.2) is 0 Å². The zero-order chi connectivity index (χ0) is 54.5. The molecule has 0 saturated heterocycles. The van der Waals surface area contributed by atoms with Crippen LogP contribution in [0, 0.1) is 0 Å². The van der Waals surface area contributed by atoms with Gasteiger partial charge in [-0.05, 0) is 148 Å². The predicted octanol–water partition coefficient (Wildman–Crippen LogP) is 4.90. The van der Waals surface area contributed by atoms with Crippen molar-refractivity contribution in [2.45, 2.75) is 226 Å². The zero-order valence-electron chi connectivity index (χ0n) is 44.8. The molecule has 1 aromatic carbocycles. The van der Waals surface area contributed by atoms with Crippen molar-refractivity contribution >= 4 is 53.6 Å². The number of urea groups is 1. The van der Waals surface area contributed by atoms with Crippen LogP contribution in [-0.4, -0.2) is 118 Å². The summed E-state index contributed by atoms with van der Waals surface area (Å²) in [6.07, 6.45) is -0.409. The lowest BCUT2D eigenvalue weighted by molar-refractivity contribution is -0.159. The fraction of sp³-hybridized carbons (Fsp3) is 0.706. The van der Waals surface area contributed by atoms with Crippen LogP contribution in [0.1, 0.15) is 167 Å². The van der Waals surface area contributed by atoms with E-state index in [1.54, 1.807) is 134 Å². The van der Waals surface area contributed by atoms with Gasteiger partial charge in [0.2, 0.25) is 17.7 Å². The Morgan fingerprint density at radius 2 is 0.845 bits per heavy atom. The molecule has 1 aromatic rings. The topological polar surface area (TPSA) is 286 Å². The molecule has 5 amide bonds. The van der Waals surface area contributed by atoms with E-state index in [9.17, 15) is 43.2 Å². The normalized spacial score (nSPS) is 14.2. The largest absolute Gasteiger partial charge is 0.460 e. The Balaban J connectivity index is 3.23. The van der Waals surface area contributed by atoms with Crippen LogP contribution in [0.5, 0.6) is 0 Å². The van der Waals surface area contributed by atoms with Crippen LogP contribution in [0.3, 0.4) is 0 Å². The number of hydrogen-bond acceptors (Lipinski definition) is 15. The highest BCUT2D eigenvalue weighted by Crippen LogP contribution is 2.17. The van der Waals surface area contributed by atoms with Crippen LogP contribution in [0.15, 0.2) is 30.3 Å². The minimum Gasteiger partial charge on any atom is -0.460 e. The molecule has 20 heteroatoms. The highest BCUT2D eigenvalue weighted by molar-refractivity contribution is 5.93. The van der Waals surface area contributed by atoms with Crippen LogP contribution in [-0.2, 0) is 68.5 Å². The first kappa shape index (κ1) is 63.2. The third-order valence-corrected chi connectivity index (χ3v) is 9.29. The van der Waals surface area contributed by atoms with Crippen molar-refractivity contribution in [1.29, 1.82) is 0 Å². The first-order valence-corrected chi connectivity index (χ1v) is 24.3. The first-order chi connectivity index (χ1) is 32.4. The van der Waals surface area contributed by atoms with E-state index in [-0.39, 0.29) is 64.3 Å². The maximum atomic E-state index is 14.0. The molecule has 0 saturated carbocycles. The van der Waals surface area contributed by atoms with Gasteiger partial charge >= 0.3 is 35.9 Å². The van der Waals surface area contributed by atoms with Gasteiger partial charge in [-0.1, -0.05) is 30.3 Å². The summed E-state index contributed by atoms with van der Waals surface area (Å²) in [6, 6.07) is 1.79. The Kier molecular flexibility index (Phi) is 25.2. The van der Waals surface area contributed by atoms with E-state index in [0.717, 1.165) is 0 Å². The Morgan fingerprint density at radius 1 is 0.451 bits per heavy atom. The standard InChI is InChI=1S/C51H84N6O14/c1-47(2,3)67-38(58)27-24-33(52)41(61)54-34(25-28-39(59)68-48(4,5)6)43(63)55-37(31-32-21-17-16-18-22-32)42(62)53-30-20-19-23-35(44(64)70-50(10,11)12)56-46(66)57-36(45(65)71-51(13,14)15)26-29-40(60)69-49(7,8)9/h16-18,21-22,33-37H,19-20,23-31,52H2,1-15H3,(H,53,62)(H,54,61)(H,55,63)(H2,56,57,66)/t33-,34-,35-,36-,37-/m0/s1. The number of nitrogens with two attached hydrogens (primary N) is 1. The minimum absolute atomic E-state index is 0.0440. The van der Waals surface area contributed by atoms with Crippen LogP contribution in [0.2, 0.25) is 0 Å². The summed E-state index contributed by atoms with van der Waals surface area (Å²) < 4.78 is 27.2. The molecule has 0 heterocycles. The van der Waals surface area contributed by atoms with Crippen LogP contribution < -0.4 is 32.3 Å². The van der Waals surface area contributed by atoms with Gasteiger partial charge in [0, 0.05) is 32.2 Å². The molecule has 0 aliphatic heterocycles. The van der Waals surface area contributed by atoms with Gasteiger partial charge in [0.1, 0.15) is 52.2 Å². The van der Waals surface area contributed by atoms with Gasteiger partial charge in [0.25, 0.3) is 0 Å². The van der Waals surface area contributed by atoms with E-state index in [4.69, 9.17) is 29.4 Å². The maximum Gasteiger partial charge on any atom is 0.329 e. The minimum atomic E-state index is -1.34. The molecule has 0 unspecified atom stereocenters.